The quantitative estimate of drug-likeness (QED) is 0.420. The van der Waals surface area contributed by atoms with E-state index in [0.29, 0.717) is 43.4 Å². The summed E-state index contributed by atoms with van der Waals surface area (Å²) in [5.41, 5.74) is 1.98. The summed E-state index contributed by atoms with van der Waals surface area (Å²) < 4.78 is 24.3. The van der Waals surface area contributed by atoms with Crippen molar-refractivity contribution in [2.24, 2.45) is 4.99 Å². The minimum absolute atomic E-state index is 0.00440. The Balaban J connectivity index is 1.91. The summed E-state index contributed by atoms with van der Waals surface area (Å²) in [6.07, 6.45) is 1.78. The van der Waals surface area contributed by atoms with Gasteiger partial charge in [0.15, 0.2) is 16.3 Å². The van der Waals surface area contributed by atoms with Crippen LogP contribution in [-0.2, 0) is 9.53 Å². The molecular weight excluding hydrogens is 492 g/mol. The van der Waals surface area contributed by atoms with Gasteiger partial charge in [-0.2, -0.15) is 0 Å². The maximum absolute atomic E-state index is 13.8. The summed E-state index contributed by atoms with van der Waals surface area (Å²) in [4.78, 5) is 32.0. The van der Waals surface area contributed by atoms with Gasteiger partial charge in [0, 0.05) is 5.56 Å². The van der Waals surface area contributed by atoms with E-state index in [0.717, 1.165) is 5.56 Å². The second-order valence-electron chi connectivity index (χ2n) is 8.62. The lowest BCUT2D eigenvalue weighted by molar-refractivity contribution is -0.139. The van der Waals surface area contributed by atoms with E-state index in [1.807, 2.05) is 50.2 Å². The number of carbonyl (C=O) groups excluding carboxylic acids is 1. The van der Waals surface area contributed by atoms with Crippen LogP contribution in [0.15, 0.2) is 63.5 Å². The van der Waals surface area contributed by atoms with E-state index in [2.05, 4.69) is 4.99 Å². The van der Waals surface area contributed by atoms with Crippen molar-refractivity contribution < 1.29 is 23.7 Å². The maximum Gasteiger partial charge on any atom is 0.338 e. The molecule has 194 valence electrons. The number of allylic oxidation sites excluding steroid dienone is 1. The first-order valence-electron chi connectivity index (χ1n) is 12.0. The van der Waals surface area contributed by atoms with Crippen LogP contribution < -0.4 is 29.1 Å². The van der Waals surface area contributed by atoms with Crippen molar-refractivity contribution in [1.29, 1.82) is 0 Å². The monoisotopic (exact) mass is 522 g/mol. The van der Waals surface area contributed by atoms with Crippen LogP contribution >= 0.6 is 11.3 Å². The van der Waals surface area contributed by atoms with Crippen molar-refractivity contribution in [2.45, 2.75) is 39.8 Å². The Kier molecular flexibility index (Phi) is 7.83. The fourth-order valence-electron chi connectivity index (χ4n) is 4.25. The van der Waals surface area contributed by atoms with Crippen LogP contribution in [0.5, 0.6) is 17.2 Å². The summed E-state index contributed by atoms with van der Waals surface area (Å²) in [6.45, 7) is 7.59. The van der Waals surface area contributed by atoms with Crippen molar-refractivity contribution in [3.05, 3.63) is 84.5 Å². The predicted molar refractivity (Wildman–Crippen MR) is 142 cm³/mol. The molecule has 37 heavy (non-hydrogen) atoms. The Labute approximate surface area is 219 Å². The number of benzene rings is 2. The number of hydrogen-bond acceptors (Lipinski definition) is 8. The SMILES string of the molecule is CCOC(=O)C1=C(C)N=c2s/c(=C\c3ccc(OC(C)C)c(OC)c3)c(=O)n2[C@@H]1c1ccccc1OC. The standard InChI is InChI=1S/C28H30N2O6S/c1-7-35-27(32)24-17(4)29-28-30(25(24)19-10-8-9-11-20(19)33-5)26(31)23(37-28)15-18-12-13-21(36-16(2)3)22(14-18)34-6/h8-16,25H,7H2,1-6H3/b23-15-/t25-/m1/s1. The van der Waals surface area contributed by atoms with Crippen molar-refractivity contribution in [2.75, 3.05) is 20.8 Å². The number of para-hydroxylation sites is 1. The first kappa shape index (κ1) is 26.2. The maximum atomic E-state index is 13.8. The van der Waals surface area contributed by atoms with Crippen LogP contribution in [0.2, 0.25) is 0 Å². The lowest BCUT2D eigenvalue weighted by Gasteiger charge is -2.25. The lowest BCUT2D eigenvalue weighted by Crippen LogP contribution is -2.40. The highest BCUT2D eigenvalue weighted by Gasteiger charge is 2.34. The Morgan fingerprint density at radius 1 is 1.11 bits per heavy atom. The number of aromatic nitrogens is 1. The van der Waals surface area contributed by atoms with Gasteiger partial charge in [-0.1, -0.05) is 35.6 Å². The summed E-state index contributed by atoms with van der Waals surface area (Å²) >= 11 is 1.26. The Hall–Kier alpha value is -3.85. The summed E-state index contributed by atoms with van der Waals surface area (Å²) in [5, 5.41) is 0. The third-order valence-electron chi connectivity index (χ3n) is 5.80. The number of nitrogens with zero attached hydrogens (tertiary/aromatic N) is 2. The van der Waals surface area contributed by atoms with E-state index in [1.165, 1.54) is 11.3 Å². The third kappa shape index (κ3) is 5.17. The fourth-order valence-corrected chi connectivity index (χ4v) is 5.30. The van der Waals surface area contributed by atoms with E-state index in [-0.39, 0.29) is 18.3 Å². The van der Waals surface area contributed by atoms with Crippen LogP contribution in [0.25, 0.3) is 6.08 Å². The van der Waals surface area contributed by atoms with Gasteiger partial charge in [0.25, 0.3) is 5.56 Å². The molecule has 0 saturated heterocycles. The third-order valence-corrected chi connectivity index (χ3v) is 6.78. The van der Waals surface area contributed by atoms with Crippen LogP contribution in [0, 0.1) is 0 Å². The number of rotatable bonds is 8. The zero-order valence-corrected chi connectivity index (χ0v) is 22.5. The van der Waals surface area contributed by atoms with Crippen LogP contribution in [0.4, 0.5) is 0 Å². The molecule has 0 bridgehead atoms. The molecule has 0 N–H and O–H groups in total. The van der Waals surface area contributed by atoms with Gasteiger partial charge in [0.05, 0.1) is 42.7 Å². The highest BCUT2D eigenvalue weighted by atomic mass is 32.1. The van der Waals surface area contributed by atoms with E-state index in [9.17, 15) is 9.59 Å². The Morgan fingerprint density at radius 2 is 1.84 bits per heavy atom. The smallest absolute Gasteiger partial charge is 0.338 e. The number of ether oxygens (including phenoxy) is 4. The zero-order valence-electron chi connectivity index (χ0n) is 21.7. The van der Waals surface area contributed by atoms with Crippen LogP contribution in [0.1, 0.15) is 44.9 Å². The highest BCUT2D eigenvalue weighted by Crippen LogP contribution is 2.35. The van der Waals surface area contributed by atoms with Gasteiger partial charge in [0.2, 0.25) is 0 Å². The molecule has 2 aromatic carbocycles. The van der Waals surface area contributed by atoms with E-state index >= 15 is 0 Å². The normalized spacial score (nSPS) is 15.3. The summed E-state index contributed by atoms with van der Waals surface area (Å²) in [7, 11) is 3.14. The molecule has 0 unspecified atom stereocenters. The molecule has 0 spiro atoms. The number of methoxy groups -OCH3 is 2. The summed E-state index contributed by atoms with van der Waals surface area (Å²) in [6, 6.07) is 12.1. The van der Waals surface area contributed by atoms with Gasteiger partial charge in [-0.15, -0.1) is 0 Å². The van der Waals surface area contributed by atoms with E-state index < -0.39 is 12.0 Å². The molecule has 9 heteroatoms. The largest absolute Gasteiger partial charge is 0.496 e. The van der Waals surface area contributed by atoms with Crippen molar-refractivity contribution in [1.82, 2.24) is 4.57 Å². The van der Waals surface area contributed by atoms with Gasteiger partial charge in [-0.25, -0.2) is 9.79 Å². The lowest BCUT2D eigenvalue weighted by atomic mass is 9.95. The van der Waals surface area contributed by atoms with Crippen LogP contribution in [-0.4, -0.2) is 37.5 Å². The second kappa shape index (κ2) is 11.0. The van der Waals surface area contributed by atoms with Crippen LogP contribution in [0.3, 0.4) is 0 Å². The molecule has 0 fully saturated rings. The molecule has 0 radical (unpaired) electrons. The number of thiazole rings is 1. The van der Waals surface area contributed by atoms with Gasteiger partial charge in [0.1, 0.15) is 11.8 Å². The molecule has 1 aliphatic heterocycles. The van der Waals surface area contributed by atoms with Gasteiger partial charge >= 0.3 is 5.97 Å². The molecule has 8 nitrogen and oxygen atoms in total. The molecule has 1 atom stereocenters. The van der Waals surface area contributed by atoms with Gasteiger partial charge < -0.3 is 18.9 Å². The van der Waals surface area contributed by atoms with Crippen molar-refractivity contribution in [3.63, 3.8) is 0 Å². The van der Waals surface area contributed by atoms with Gasteiger partial charge in [-0.05, 0) is 57.5 Å². The molecule has 0 saturated carbocycles. The summed E-state index contributed by atoms with van der Waals surface area (Å²) in [5.74, 6) is 1.24. The second-order valence-corrected chi connectivity index (χ2v) is 9.63. The number of carbonyl (C=O) groups is 1. The molecule has 2 heterocycles. The van der Waals surface area contributed by atoms with E-state index in [4.69, 9.17) is 18.9 Å². The number of hydrogen-bond donors (Lipinski definition) is 0. The molecule has 4 rings (SSSR count). The molecular formula is C28H30N2O6S. The van der Waals surface area contributed by atoms with Crippen molar-refractivity contribution in [3.8, 4) is 17.2 Å². The number of esters is 1. The topological polar surface area (TPSA) is 88.4 Å². The van der Waals surface area contributed by atoms with E-state index in [1.54, 1.807) is 44.8 Å². The first-order chi connectivity index (χ1) is 17.8. The fraction of sp³-hybridized carbons (Fsp3) is 0.321. The predicted octanol–water partition coefficient (Wildman–Crippen LogP) is 3.60. The van der Waals surface area contributed by atoms with Crippen molar-refractivity contribution >= 4 is 23.4 Å². The molecule has 3 aromatic rings. The average molecular weight is 523 g/mol. The average Bonchev–Trinajstić information content (AvgIpc) is 3.17. The molecule has 0 aliphatic carbocycles. The Morgan fingerprint density at radius 3 is 2.51 bits per heavy atom. The van der Waals surface area contributed by atoms with Gasteiger partial charge in [-0.3, -0.25) is 9.36 Å². The zero-order chi connectivity index (χ0) is 26.7. The Bertz CT molecular complexity index is 1530. The first-order valence-corrected chi connectivity index (χ1v) is 12.8. The minimum atomic E-state index is -0.745. The molecule has 1 aromatic heterocycles. The highest BCUT2D eigenvalue weighted by molar-refractivity contribution is 7.07. The molecule has 0 amide bonds. The molecule has 1 aliphatic rings. The number of fused-ring (bicyclic) bond motifs is 1. The minimum Gasteiger partial charge on any atom is -0.496 e.